The Morgan fingerprint density at radius 3 is 1.75 bits per heavy atom. The second-order valence-corrected chi connectivity index (χ2v) is 10.8. The summed E-state index contributed by atoms with van der Waals surface area (Å²) in [4.78, 5) is 0. The molecule has 116 valence electrons. The topological polar surface area (TPSA) is 0 Å². The molecule has 1 aromatic heterocycles. The monoisotopic (exact) mass is 490 g/mol. The molecule has 0 unspecified atom stereocenters. The van der Waals surface area contributed by atoms with Gasteiger partial charge in [-0.25, -0.2) is 0 Å². The normalized spacial score (nSPS) is 10.7. The van der Waals surface area contributed by atoms with Crippen molar-refractivity contribution in [1.29, 1.82) is 0 Å². The van der Waals surface area contributed by atoms with E-state index in [0.29, 0.717) is 14.5 Å². The summed E-state index contributed by atoms with van der Waals surface area (Å²) in [5, 5.41) is 0. The van der Waals surface area contributed by atoms with Crippen molar-refractivity contribution in [2.45, 2.75) is 0 Å². The van der Waals surface area contributed by atoms with Gasteiger partial charge in [0.2, 0.25) is 0 Å². The Bertz CT molecular complexity index is 912. The molecule has 3 aromatic carbocycles. The molecule has 4 aromatic rings. The number of benzene rings is 3. The van der Waals surface area contributed by atoms with Crippen LogP contribution in [0.15, 0.2) is 97.1 Å². The average Bonchev–Trinajstić information content (AvgIpc) is 3.08. The second kappa shape index (κ2) is 7.56. The van der Waals surface area contributed by atoms with E-state index in [0.717, 1.165) is 0 Å². The summed E-state index contributed by atoms with van der Waals surface area (Å²) in [5.74, 6) is 0. The molecule has 0 N–H and O–H groups in total. The van der Waals surface area contributed by atoms with E-state index in [1.165, 1.54) is 19.2 Å². The van der Waals surface area contributed by atoms with Crippen LogP contribution in [0.25, 0.3) is 20.0 Å². The fourth-order valence-electron chi connectivity index (χ4n) is 2.60. The standard InChI is InChI=1S/C22H16SeTe/c1-4-10-17(11-5-1)20-16-21(24-19-14-8-3-9-15-19)22(23-20)18-12-6-2-7-13-18/h1-16H. The Hall–Kier alpha value is -1.55. The molecule has 0 saturated heterocycles. The van der Waals surface area contributed by atoms with Gasteiger partial charge >= 0.3 is 160 Å². The molecule has 1 heterocycles. The third-order valence-electron chi connectivity index (χ3n) is 3.76. The third-order valence-corrected chi connectivity index (χ3v) is 10.3. The number of hydrogen-bond acceptors (Lipinski definition) is 0. The van der Waals surface area contributed by atoms with Gasteiger partial charge in [0.05, 0.1) is 0 Å². The number of hydrogen-bond donors (Lipinski definition) is 0. The molecule has 0 nitrogen and oxygen atoms in total. The summed E-state index contributed by atoms with van der Waals surface area (Å²) in [6.07, 6.45) is 0. The minimum absolute atomic E-state index is 0.351. The van der Waals surface area contributed by atoms with Gasteiger partial charge in [-0.15, -0.1) is 0 Å². The quantitative estimate of drug-likeness (QED) is 0.386. The molecule has 0 radical (unpaired) electrons. The Labute approximate surface area is 159 Å². The predicted octanol–water partition coefficient (Wildman–Crippen LogP) is 3.73. The molecule has 0 aliphatic rings. The molecule has 0 bridgehead atoms. The van der Waals surface area contributed by atoms with Crippen LogP contribution in [-0.4, -0.2) is 35.4 Å². The van der Waals surface area contributed by atoms with E-state index in [9.17, 15) is 0 Å². The maximum atomic E-state index is 2.48. The second-order valence-electron chi connectivity index (χ2n) is 5.45. The van der Waals surface area contributed by atoms with Gasteiger partial charge in [-0.05, 0) is 0 Å². The van der Waals surface area contributed by atoms with E-state index in [1.807, 2.05) is 0 Å². The molecular weight excluding hydrogens is 471 g/mol. The van der Waals surface area contributed by atoms with Crippen LogP contribution >= 0.6 is 0 Å². The van der Waals surface area contributed by atoms with Crippen molar-refractivity contribution in [2.75, 3.05) is 0 Å². The van der Waals surface area contributed by atoms with Crippen LogP contribution in [-0.2, 0) is 0 Å². The Morgan fingerprint density at radius 1 is 0.583 bits per heavy atom. The van der Waals surface area contributed by atoms with Crippen LogP contribution < -0.4 is 7.22 Å². The zero-order valence-electron chi connectivity index (χ0n) is 13.1. The van der Waals surface area contributed by atoms with Crippen molar-refractivity contribution in [1.82, 2.24) is 0 Å². The molecule has 0 aliphatic carbocycles. The van der Waals surface area contributed by atoms with Crippen LogP contribution in [0.3, 0.4) is 0 Å². The van der Waals surface area contributed by atoms with E-state index in [1.54, 1.807) is 8.05 Å². The van der Waals surface area contributed by atoms with Crippen LogP contribution in [0.5, 0.6) is 0 Å². The molecule has 24 heavy (non-hydrogen) atoms. The summed E-state index contributed by atoms with van der Waals surface area (Å²) in [6, 6.07) is 35.2. The van der Waals surface area contributed by atoms with Gasteiger partial charge < -0.3 is 0 Å². The third kappa shape index (κ3) is 3.59. The van der Waals surface area contributed by atoms with Crippen LogP contribution in [0.2, 0.25) is 0 Å². The molecule has 0 amide bonds. The molecule has 2 heteroatoms. The van der Waals surface area contributed by atoms with E-state index in [4.69, 9.17) is 0 Å². The number of rotatable bonds is 4. The Kier molecular flexibility index (Phi) is 5.02. The maximum absolute atomic E-state index is 2.48. The van der Waals surface area contributed by atoms with Crippen molar-refractivity contribution in [2.24, 2.45) is 0 Å². The van der Waals surface area contributed by atoms with Gasteiger partial charge in [-0.3, -0.25) is 0 Å². The summed E-state index contributed by atoms with van der Waals surface area (Å²) in [5.41, 5.74) is 2.78. The SMILES string of the molecule is c1ccc([Te]c2cc(-c3ccccc3)[se]c2-c2ccccc2)cc1. The molecular formula is C22H16SeTe. The minimum atomic E-state index is -0.351. The van der Waals surface area contributed by atoms with Gasteiger partial charge in [-0.2, -0.15) is 0 Å². The first-order valence-electron chi connectivity index (χ1n) is 7.88. The molecule has 0 aliphatic heterocycles. The van der Waals surface area contributed by atoms with Crippen molar-refractivity contribution in [3.63, 3.8) is 0 Å². The van der Waals surface area contributed by atoms with Crippen LogP contribution in [0, 0.1) is 0 Å². The fourth-order valence-corrected chi connectivity index (χ4v) is 9.23. The molecule has 4 rings (SSSR count). The van der Waals surface area contributed by atoms with E-state index >= 15 is 0 Å². The zero-order chi connectivity index (χ0) is 16.2. The summed E-state index contributed by atoms with van der Waals surface area (Å²) < 4.78 is 6.19. The predicted molar refractivity (Wildman–Crippen MR) is 106 cm³/mol. The van der Waals surface area contributed by atoms with Crippen LogP contribution in [0.1, 0.15) is 0 Å². The first-order chi connectivity index (χ1) is 11.9. The molecule has 0 spiro atoms. The van der Waals surface area contributed by atoms with Gasteiger partial charge in [0, 0.05) is 0 Å². The van der Waals surface area contributed by atoms with Gasteiger partial charge in [-0.1, -0.05) is 0 Å². The van der Waals surface area contributed by atoms with Gasteiger partial charge in [0.1, 0.15) is 0 Å². The van der Waals surface area contributed by atoms with Crippen molar-refractivity contribution in [3.05, 3.63) is 97.1 Å². The van der Waals surface area contributed by atoms with E-state index < -0.39 is 0 Å². The zero-order valence-corrected chi connectivity index (χ0v) is 17.1. The van der Waals surface area contributed by atoms with Crippen molar-refractivity contribution in [3.8, 4) is 20.0 Å². The first kappa shape index (κ1) is 15.9. The molecule has 0 fully saturated rings. The first-order valence-corrected chi connectivity index (χ1v) is 11.9. The Morgan fingerprint density at radius 2 is 1.12 bits per heavy atom. The van der Waals surface area contributed by atoms with E-state index in [-0.39, 0.29) is 20.9 Å². The summed E-state index contributed by atoms with van der Waals surface area (Å²) >= 11 is 0.0351. The molecule has 0 atom stereocenters. The molecule has 0 saturated carbocycles. The van der Waals surface area contributed by atoms with Gasteiger partial charge in [0.25, 0.3) is 0 Å². The van der Waals surface area contributed by atoms with Crippen LogP contribution in [0.4, 0.5) is 0 Å². The van der Waals surface area contributed by atoms with Crippen molar-refractivity contribution < 1.29 is 0 Å². The van der Waals surface area contributed by atoms with E-state index in [2.05, 4.69) is 97.1 Å². The average molecular weight is 487 g/mol. The van der Waals surface area contributed by atoms with Crippen molar-refractivity contribution >= 4 is 42.6 Å². The summed E-state index contributed by atoms with van der Waals surface area (Å²) in [6.45, 7) is 0. The Balaban J connectivity index is 1.80. The van der Waals surface area contributed by atoms with Gasteiger partial charge in [0.15, 0.2) is 0 Å². The summed E-state index contributed by atoms with van der Waals surface area (Å²) in [7, 11) is 0. The fraction of sp³-hybridized carbons (Fsp3) is 0.